The number of rotatable bonds is 1. The first-order valence-electron chi connectivity index (χ1n) is 7.27. The van der Waals surface area contributed by atoms with Crippen LogP contribution in [0.4, 0.5) is 0 Å². The molecule has 3 rings (SSSR count). The Morgan fingerprint density at radius 1 is 1.19 bits per heavy atom. The van der Waals surface area contributed by atoms with E-state index in [4.69, 9.17) is 5.73 Å². The van der Waals surface area contributed by atoms with E-state index >= 15 is 0 Å². The van der Waals surface area contributed by atoms with Gasteiger partial charge in [0.2, 0.25) is 0 Å². The van der Waals surface area contributed by atoms with Gasteiger partial charge in [0.1, 0.15) is 0 Å². The summed E-state index contributed by atoms with van der Waals surface area (Å²) in [6, 6.07) is 12.0. The number of carbonyl (C=O) groups is 1. The van der Waals surface area contributed by atoms with Crippen molar-refractivity contribution >= 4 is 32.6 Å². The highest BCUT2D eigenvalue weighted by Crippen LogP contribution is 2.23. The van der Waals surface area contributed by atoms with E-state index in [9.17, 15) is 4.79 Å². The Kier molecular flexibility index (Phi) is 4.00. The summed E-state index contributed by atoms with van der Waals surface area (Å²) in [6.45, 7) is 3.60. The summed E-state index contributed by atoms with van der Waals surface area (Å²) in [5.41, 5.74) is 6.78. The molecule has 1 aliphatic rings. The quantitative estimate of drug-likeness (QED) is 0.859. The zero-order valence-electron chi connectivity index (χ0n) is 12.1. The Balaban J connectivity index is 1.89. The second-order valence-electron chi connectivity index (χ2n) is 6.02. The zero-order valence-corrected chi connectivity index (χ0v) is 13.6. The Morgan fingerprint density at radius 2 is 1.90 bits per heavy atom. The van der Waals surface area contributed by atoms with Crippen LogP contribution in [0.3, 0.4) is 0 Å². The van der Waals surface area contributed by atoms with Gasteiger partial charge in [-0.25, -0.2) is 0 Å². The second kappa shape index (κ2) is 5.78. The summed E-state index contributed by atoms with van der Waals surface area (Å²) < 4.78 is 1.05. The summed E-state index contributed by atoms with van der Waals surface area (Å²) in [4.78, 5) is 14.6. The van der Waals surface area contributed by atoms with Crippen molar-refractivity contribution < 1.29 is 4.79 Å². The van der Waals surface area contributed by atoms with Gasteiger partial charge in [-0.3, -0.25) is 4.79 Å². The number of nitrogens with zero attached hydrogens (tertiary/aromatic N) is 1. The van der Waals surface area contributed by atoms with Crippen LogP contribution in [0.15, 0.2) is 40.9 Å². The third-order valence-corrected chi connectivity index (χ3v) is 4.52. The van der Waals surface area contributed by atoms with E-state index in [-0.39, 0.29) is 11.9 Å². The van der Waals surface area contributed by atoms with Crippen LogP contribution in [0.2, 0.25) is 0 Å². The first-order valence-corrected chi connectivity index (χ1v) is 8.06. The lowest BCUT2D eigenvalue weighted by Gasteiger charge is -2.34. The third-order valence-electron chi connectivity index (χ3n) is 4.03. The molecule has 1 fully saturated rings. The number of fused-ring (bicyclic) bond motifs is 1. The largest absolute Gasteiger partial charge is 0.337 e. The van der Waals surface area contributed by atoms with Gasteiger partial charge in [0.25, 0.3) is 5.91 Å². The molecule has 0 saturated carbocycles. The van der Waals surface area contributed by atoms with Crippen LogP contribution in [0, 0.1) is 5.92 Å². The van der Waals surface area contributed by atoms with E-state index in [0.29, 0.717) is 12.5 Å². The van der Waals surface area contributed by atoms with Crippen molar-refractivity contribution in [2.45, 2.75) is 19.4 Å². The topological polar surface area (TPSA) is 46.3 Å². The highest BCUT2D eigenvalue weighted by Gasteiger charge is 2.26. The predicted octanol–water partition coefficient (Wildman–Crippen LogP) is 3.41. The average Bonchev–Trinajstić information content (AvgIpc) is 2.45. The number of halogens is 1. The lowest BCUT2D eigenvalue weighted by molar-refractivity contribution is 0.0661. The first kappa shape index (κ1) is 14.5. The van der Waals surface area contributed by atoms with Crippen molar-refractivity contribution in [1.82, 2.24) is 4.90 Å². The van der Waals surface area contributed by atoms with Crippen LogP contribution >= 0.6 is 15.9 Å². The van der Waals surface area contributed by atoms with Gasteiger partial charge in [-0.15, -0.1) is 0 Å². The van der Waals surface area contributed by atoms with E-state index in [2.05, 4.69) is 28.9 Å². The van der Waals surface area contributed by atoms with Crippen molar-refractivity contribution in [3.05, 3.63) is 46.4 Å². The first-order chi connectivity index (χ1) is 10.0. The standard InChI is InChI=1S/C17H19BrN2O/c1-11-6-16(19)10-20(9-11)17(21)14-3-2-13-8-15(18)5-4-12(13)7-14/h2-5,7-8,11,16H,6,9-10,19H2,1H3. The fourth-order valence-electron chi connectivity index (χ4n) is 3.10. The molecule has 1 aliphatic heterocycles. The smallest absolute Gasteiger partial charge is 0.253 e. The Hall–Kier alpha value is -1.39. The van der Waals surface area contributed by atoms with E-state index < -0.39 is 0 Å². The molecule has 4 heteroatoms. The summed E-state index contributed by atoms with van der Waals surface area (Å²) in [5, 5.41) is 2.21. The molecule has 0 spiro atoms. The van der Waals surface area contributed by atoms with Crippen LogP contribution in [0.25, 0.3) is 10.8 Å². The van der Waals surface area contributed by atoms with Crippen LogP contribution < -0.4 is 5.73 Å². The van der Waals surface area contributed by atoms with Crippen molar-refractivity contribution in [3.8, 4) is 0 Å². The molecule has 21 heavy (non-hydrogen) atoms. The maximum absolute atomic E-state index is 12.7. The van der Waals surface area contributed by atoms with Crippen molar-refractivity contribution in [2.75, 3.05) is 13.1 Å². The van der Waals surface area contributed by atoms with Gasteiger partial charge in [0.05, 0.1) is 0 Å². The van der Waals surface area contributed by atoms with E-state index in [1.54, 1.807) is 0 Å². The molecule has 0 aliphatic carbocycles. The van der Waals surface area contributed by atoms with E-state index in [0.717, 1.165) is 33.8 Å². The lowest BCUT2D eigenvalue weighted by Crippen LogP contribution is -2.48. The van der Waals surface area contributed by atoms with E-state index in [1.807, 2.05) is 35.2 Å². The molecule has 0 aromatic heterocycles. The van der Waals surface area contributed by atoms with Crippen molar-refractivity contribution in [1.29, 1.82) is 0 Å². The summed E-state index contributed by atoms with van der Waals surface area (Å²) in [7, 11) is 0. The van der Waals surface area contributed by atoms with Gasteiger partial charge < -0.3 is 10.6 Å². The minimum Gasteiger partial charge on any atom is -0.337 e. The molecule has 1 saturated heterocycles. The highest BCUT2D eigenvalue weighted by atomic mass is 79.9. The molecule has 1 amide bonds. The summed E-state index contributed by atoms with van der Waals surface area (Å²) in [5.74, 6) is 0.552. The van der Waals surface area contributed by atoms with Crippen LogP contribution in [-0.2, 0) is 0 Å². The van der Waals surface area contributed by atoms with Gasteiger partial charge in [0.15, 0.2) is 0 Å². The maximum Gasteiger partial charge on any atom is 0.253 e. The fourth-order valence-corrected chi connectivity index (χ4v) is 3.48. The van der Waals surface area contributed by atoms with Gasteiger partial charge in [-0.2, -0.15) is 0 Å². The molecule has 0 bridgehead atoms. The van der Waals surface area contributed by atoms with Crippen LogP contribution in [0.1, 0.15) is 23.7 Å². The normalized spacial score (nSPS) is 22.5. The van der Waals surface area contributed by atoms with Gasteiger partial charge in [-0.1, -0.05) is 35.0 Å². The molecule has 3 nitrogen and oxygen atoms in total. The lowest BCUT2D eigenvalue weighted by atomic mass is 9.95. The molecule has 2 N–H and O–H groups in total. The number of hydrogen-bond acceptors (Lipinski definition) is 2. The third kappa shape index (κ3) is 3.11. The molecule has 110 valence electrons. The highest BCUT2D eigenvalue weighted by molar-refractivity contribution is 9.10. The minimum atomic E-state index is 0.0850. The fraction of sp³-hybridized carbons (Fsp3) is 0.353. The minimum absolute atomic E-state index is 0.0850. The zero-order chi connectivity index (χ0) is 15.0. The molecule has 0 radical (unpaired) electrons. The van der Waals surface area contributed by atoms with Crippen molar-refractivity contribution in [2.24, 2.45) is 11.7 Å². The molecule has 2 aromatic carbocycles. The van der Waals surface area contributed by atoms with Gasteiger partial charge in [-0.05, 0) is 47.4 Å². The SMILES string of the molecule is CC1CC(N)CN(C(=O)c2ccc3cc(Br)ccc3c2)C1. The molecule has 2 aromatic rings. The Labute approximate surface area is 133 Å². The Morgan fingerprint density at radius 3 is 2.67 bits per heavy atom. The van der Waals surface area contributed by atoms with Crippen molar-refractivity contribution in [3.63, 3.8) is 0 Å². The summed E-state index contributed by atoms with van der Waals surface area (Å²) in [6.07, 6.45) is 0.996. The second-order valence-corrected chi connectivity index (χ2v) is 6.93. The molecule has 2 unspecified atom stereocenters. The number of piperidine rings is 1. The predicted molar refractivity (Wildman–Crippen MR) is 89.3 cm³/mol. The van der Waals surface area contributed by atoms with Gasteiger partial charge >= 0.3 is 0 Å². The average molecular weight is 347 g/mol. The molecule has 1 heterocycles. The number of hydrogen-bond donors (Lipinski definition) is 1. The van der Waals surface area contributed by atoms with Gasteiger partial charge in [0, 0.05) is 29.2 Å². The molecular weight excluding hydrogens is 328 g/mol. The maximum atomic E-state index is 12.7. The number of benzene rings is 2. The van der Waals surface area contributed by atoms with Crippen LogP contribution in [-0.4, -0.2) is 29.9 Å². The van der Waals surface area contributed by atoms with E-state index in [1.165, 1.54) is 0 Å². The number of amides is 1. The Bertz CT molecular complexity index is 676. The summed E-state index contributed by atoms with van der Waals surface area (Å²) >= 11 is 3.47. The molecular formula is C17H19BrN2O. The number of nitrogens with two attached hydrogens (primary N) is 1. The van der Waals surface area contributed by atoms with Crippen LogP contribution in [0.5, 0.6) is 0 Å². The number of carbonyl (C=O) groups excluding carboxylic acids is 1. The number of likely N-dealkylation sites (tertiary alicyclic amines) is 1. The monoisotopic (exact) mass is 346 g/mol. The molecule has 2 atom stereocenters.